The lowest BCUT2D eigenvalue weighted by molar-refractivity contribution is -0.188. The smallest absolute Gasteiger partial charge is 0.167 e. The van der Waals surface area contributed by atoms with Crippen LogP contribution in [0.3, 0.4) is 0 Å². The summed E-state index contributed by atoms with van der Waals surface area (Å²) in [5.41, 5.74) is 8.87. The van der Waals surface area contributed by atoms with E-state index in [0.29, 0.717) is 12.3 Å². The molecule has 0 aliphatic carbocycles. The van der Waals surface area contributed by atoms with Crippen LogP contribution in [0.25, 0.3) is 11.3 Å². The van der Waals surface area contributed by atoms with Crippen LogP contribution >= 0.6 is 0 Å². The SMILES string of the molecule is CCCCC#Cc1ccc(-c2cc([C@@H](CN)n3ccnc3[C@H](C)OC3CCCCO3)no2)cc1. The first kappa shape index (κ1) is 24.2. The van der Waals surface area contributed by atoms with Crippen LogP contribution in [0.5, 0.6) is 0 Å². The molecule has 0 amide bonds. The van der Waals surface area contributed by atoms with Crippen molar-refractivity contribution in [3.8, 4) is 23.2 Å². The van der Waals surface area contributed by atoms with Gasteiger partial charge in [0, 0.05) is 49.2 Å². The van der Waals surface area contributed by atoms with E-state index in [-0.39, 0.29) is 18.4 Å². The van der Waals surface area contributed by atoms with Crippen LogP contribution < -0.4 is 5.73 Å². The quantitative estimate of drug-likeness (QED) is 0.346. The van der Waals surface area contributed by atoms with Crippen LogP contribution in [-0.2, 0) is 9.47 Å². The summed E-state index contributed by atoms with van der Waals surface area (Å²) >= 11 is 0. The number of nitrogens with zero attached hydrogens (tertiary/aromatic N) is 3. The van der Waals surface area contributed by atoms with E-state index in [1.165, 1.54) is 0 Å². The fourth-order valence-corrected chi connectivity index (χ4v) is 4.12. The molecule has 180 valence electrons. The summed E-state index contributed by atoms with van der Waals surface area (Å²) in [5, 5.41) is 4.33. The summed E-state index contributed by atoms with van der Waals surface area (Å²) in [6, 6.07) is 9.77. The molecule has 1 aliphatic heterocycles. The van der Waals surface area contributed by atoms with Crippen molar-refractivity contribution in [3.05, 3.63) is 59.8 Å². The summed E-state index contributed by atoms with van der Waals surface area (Å²) in [6.07, 6.45) is 9.58. The number of benzene rings is 1. The molecular weight excluding hydrogens is 428 g/mol. The molecule has 2 N–H and O–H groups in total. The Kier molecular flexibility index (Phi) is 8.53. The average molecular weight is 463 g/mol. The van der Waals surface area contributed by atoms with Crippen molar-refractivity contribution >= 4 is 0 Å². The molecule has 3 heterocycles. The Morgan fingerprint density at radius 2 is 2.12 bits per heavy atom. The molecule has 7 heteroatoms. The Balaban J connectivity index is 1.47. The molecule has 3 aromatic rings. The normalized spacial score (nSPS) is 17.7. The van der Waals surface area contributed by atoms with Crippen LogP contribution in [0.4, 0.5) is 0 Å². The van der Waals surface area contributed by atoms with Gasteiger partial charge in [-0.1, -0.05) is 30.3 Å². The van der Waals surface area contributed by atoms with Crippen molar-refractivity contribution in [2.75, 3.05) is 13.2 Å². The van der Waals surface area contributed by atoms with Gasteiger partial charge in [0.25, 0.3) is 0 Å². The molecule has 0 radical (unpaired) electrons. The van der Waals surface area contributed by atoms with Gasteiger partial charge < -0.3 is 24.3 Å². The van der Waals surface area contributed by atoms with Gasteiger partial charge in [-0.3, -0.25) is 0 Å². The Labute approximate surface area is 201 Å². The van der Waals surface area contributed by atoms with E-state index in [9.17, 15) is 0 Å². The van der Waals surface area contributed by atoms with Crippen LogP contribution in [-0.4, -0.2) is 34.1 Å². The van der Waals surface area contributed by atoms with Gasteiger partial charge in [0.15, 0.2) is 12.1 Å². The predicted molar refractivity (Wildman–Crippen MR) is 131 cm³/mol. The number of unbranched alkanes of at least 4 members (excludes halogenated alkanes) is 2. The lowest BCUT2D eigenvalue weighted by atomic mass is 10.1. The molecule has 1 aliphatic rings. The van der Waals surface area contributed by atoms with Crippen molar-refractivity contribution < 1.29 is 14.0 Å². The van der Waals surface area contributed by atoms with Gasteiger partial charge in [-0.2, -0.15) is 0 Å². The second kappa shape index (κ2) is 12.0. The number of nitrogens with two attached hydrogens (primary N) is 1. The molecule has 1 saturated heterocycles. The minimum atomic E-state index is -0.232. The van der Waals surface area contributed by atoms with Crippen molar-refractivity contribution in [1.29, 1.82) is 0 Å². The second-order valence-corrected chi connectivity index (χ2v) is 8.62. The number of imidazole rings is 1. The maximum absolute atomic E-state index is 6.17. The third-order valence-electron chi connectivity index (χ3n) is 6.04. The molecular formula is C27H34N4O3. The van der Waals surface area contributed by atoms with Crippen LogP contribution in [0.15, 0.2) is 47.2 Å². The fourth-order valence-electron chi connectivity index (χ4n) is 4.12. The monoisotopic (exact) mass is 462 g/mol. The minimum absolute atomic E-state index is 0.191. The number of aromatic nitrogens is 3. The molecule has 1 fully saturated rings. The maximum Gasteiger partial charge on any atom is 0.167 e. The largest absolute Gasteiger partial charge is 0.356 e. The molecule has 0 spiro atoms. The molecule has 0 saturated carbocycles. The van der Waals surface area contributed by atoms with E-state index in [0.717, 1.165) is 67.8 Å². The van der Waals surface area contributed by atoms with Gasteiger partial charge in [0.05, 0.1) is 6.04 Å². The molecule has 1 unspecified atom stereocenters. The zero-order chi connectivity index (χ0) is 23.8. The van der Waals surface area contributed by atoms with E-state index >= 15 is 0 Å². The van der Waals surface area contributed by atoms with E-state index in [4.69, 9.17) is 19.7 Å². The van der Waals surface area contributed by atoms with Crippen LogP contribution in [0.1, 0.15) is 81.6 Å². The van der Waals surface area contributed by atoms with Gasteiger partial charge in [-0.25, -0.2) is 4.98 Å². The first-order chi connectivity index (χ1) is 16.7. The van der Waals surface area contributed by atoms with Gasteiger partial charge >= 0.3 is 0 Å². The fraction of sp³-hybridized carbons (Fsp3) is 0.481. The highest BCUT2D eigenvalue weighted by atomic mass is 16.7. The maximum atomic E-state index is 6.17. The number of hydrogen-bond acceptors (Lipinski definition) is 6. The average Bonchev–Trinajstić information content (AvgIpc) is 3.54. The number of ether oxygens (including phenoxy) is 2. The molecule has 2 aromatic heterocycles. The van der Waals surface area contributed by atoms with E-state index in [2.05, 4.69) is 28.9 Å². The summed E-state index contributed by atoms with van der Waals surface area (Å²) in [4.78, 5) is 4.54. The number of hydrogen-bond donors (Lipinski definition) is 1. The lowest BCUT2D eigenvalue weighted by Crippen LogP contribution is -2.27. The van der Waals surface area contributed by atoms with Gasteiger partial charge in [0.1, 0.15) is 17.6 Å². The molecule has 1 aromatic carbocycles. The second-order valence-electron chi connectivity index (χ2n) is 8.62. The van der Waals surface area contributed by atoms with E-state index in [1.807, 2.05) is 48.0 Å². The highest BCUT2D eigenvalue weighted by Crippen LogP contribution is 2.29. The summed E-state index contributed by atoms with van der Waals surface area (Å²) in [6.45, 7) is 5.26. The topological polar surface area (TPSA) is 88.3 Å². The zero-order valence-electron chi connectivity index (χ0n) is 20.1. The summed E-state index contributed by atoms with van der Waals surface area (Å²) in [7, 11) is 0. The van der Waals surface area contributed by atoms with Gasteiger partial charge in [-0.15, -0.1) is 0 Å². The molecule has 3 atom stereocenters. The molecule has 4 rings (SSSR count). The Morgan fingerprint density at radius 1 is 1.26 bits per heavy atom. The van der Waals surface area contributed by atoms with Crippen molar-refractivity contribution in [1.82, 2.24) is 14.7 Å². The minimum Gasteiger partial charge on any atom is -0.356 e. The number of rotatable bonds is 9. The standard InChI is InChI=1S/C27H34N4O3/c1-3-4-5-6-9-21-11-13-22(14-12-21)25-18-23(30-34-25)24(19-28)31-16-15-29-27(31)20(2)33-26-10-7-8-17-32-26/h11-16,18,20,24,26H,3-5,7-8,10,17,19,28H2,1-2H3/t20-,24+,26?/m0/s1. The third-order valence-corrected chi connectivity index (χ3v) is 6.04. The van der Waals surface area contributed by atoms with Crippen LogP contribution in [0, 0.1) is 11.8 Å². The molecule has 34 heavy (non-hydrogen) atoms. The molecule has 0 bridgehead atoms. The van der Waals surface area contributed by atoms with Crippen molar-refractivity contribution in [3.63, 3.8) is 0 Å². The summed E-state index contributed by atoms with van der Waals surface area (Å²) in [5.74, 6) is 7.92. The molecule has 7 nitrogen and oxygen atoms in total. The summed E-state index contributed by atoms with van der Waals surface area (Å²) < 4.78 is 19.6. The van der Waals surface area contributed by atoms with E-state index in [1.54, 1.807) is 6.20 Å². The highest BCUT2D eigenvalue weighted by Gasteiger charge is 2.25. The predicted octanol–water partition coefficient (Wildman–Crippen LogP) is 5.23. The van der Waals surface area contributed by atoms with E-state index < -0.39 is 0 Å². The highest BCUT2D eigenvalue weighted by molar-refractivity contribution is 5.59. The lowest BCUT2D eigenvalue weighted by Gasteiger charge is -2.27. The first-order valence-electron chi connectivity index (χ1n) is 12.3. The third kappa shape index (κ3) is 5.95. The zero-order valence-corrected chi connectivity index (χ0v) is 20.1. The first-order valence-corrected chi connectivity index (χ1v) is 12.3. The van der Waals surface area contributed by atoms with Gasteiger partial charge in [0.2, 0.25) is 0 Å². The van der Waals surface area contributed by atoms with Gasteiger partial charge in [-0.05, 0) is 56.9 Å². The Bertz CT molecular complexity index is 1090. The Hall–Kier alpha value is -2.92. The van der Waals surface area contributed by atoms with Crippen molar-refractivity contribution in [2.45, 2.75) is 70.8 Å². The van der Waals surface area contributed by atoms with Crippen LogP contribution in [0.2, 0.25) is 0 Å². The van der Waals surface area contributed by atoms with Crippen molar-refractivity contribution in [2.24, 2.45) is 5.73 Å². The Morgan fingerprint density at radius 3 is 2.85 bits per heavy atom.